The van der Waals surface area contributed by atoms with E-state index in [1.807, 2.05) is 0 Å². The van der Waals surface area contributed by atoms with Crippen molar-refractivity contribution in [2.24, 2.45) is 0 Å². The van der Waals surface area contributed by atoms with Gasteiger partial charge in [-0.1, -0.05) is 0 Å². The molecule has 0 fully saturated rings. The number of halogens is 1. The van der Waals surface area contributed by atoms with Crippen molar-refractivity contribution in [3.05, 3.63) is 41.5 Å². The van der Waals surface area contributed by atoms with Crippen molar-refractivity contribution in [2.45, 2.75) is 19.3 Å². The van der Waals surface area contributed by atoms with Gasteiger partial charge in [0.25, 0.3) is 0 Å². The summed E-state index contributed by atoms with van der Waals surface area (Å²) in [6, 6.07) is 3.67. The number of aryl methyl sites for hydroxylation is 1. The third kappa shape index (κ3) is 2.19. The zero-order chi connectivity index (χ0) is 13.4. The molecule has 0 radical (unpaired) electrons. The van der Waals surface area contributed by atoms with Gasteiger partial charge in [-0.15, -0.1) is 0 Å². The Kier molecular flexibility index (Phi) is 2.74. The summed E-state index contributed by atoms with van der Waals surface area (Å²) in [4.78, 5) is 20.1. The number of carbonyl (C=O) groups is 1. The Hall–Kier alpha value is -2.30. The maximum atomic E-state index is 13.2. The monoisotopic (exact) mass is 258 g/mol. The molecule has 0 saturated heterocycles. The molecule has 1 aliphatic rings. The summed E-state index contributed by atoms with van der Waals surface area (Å²) in [6.45, 7) is 0. The molecular formula is C14H11FN2O2. The van der Waals surface area contributed by atoms with Crippen LogP contribution in [0.4, 0.5) is 4.39 Å². The summed E-state index contributed by atoms with van der Waals surface area (Å²) < 4.78 is 13.2. The summed E-state index contributed by atoms with van der Waals surface area (Å²) in [5, 5.41) is 9.39. The maximum Gasteiger partial charge on any atom is 0.166 e. The number of hydrogen-bond donors (Lipinski definition) is 1. The minimum Gasteiger partial charge on any atom is -0.508 e. The second-order valence-corrected chi connectivity index (χ2v) is 4.53. The van der Waals surface area contributed by atoms with Crippen LogP contribution < -0.4 is 0 Å². The molecule has 0 aliphatic heterocycles. The van der Waals surface area contributed by atoms with Gasteiger partial charge in [0.2, 0.25) is 0 Å². The number of ketones is 1. The number of aromatic hydroxyl groups is 1. The smallest absolute Gasteiger partial charge is 0.166 e. The summed E-state index contributed by atoms with van der Waals surface area (Å²) in [5.41, 5.74) is 1.65. The second kappa shape index (κ2) is 4.42. The van der Waals surface area contributed by atoms with Crippen molar-refractivity contribution in [1.82, 2.24) is 9.97 Å². The third-order valence-corrected chi connectivity index (χ3v) is 3.13. The lowest BCUT2D eigenvalue weighted by atomic mass is 9.96. The quantitative estimate of drug-likeness (QED) is 0.853. The predicted octanol–water partition coefficient (Wildman–Crippen LogP) is 2.51. The van der Waals surface area contributed by atoms with E-state index in [4.69, 9.17) is 0 Å². The minimum absolute atomic E-state index is 0.0508. The molecule has 1 aliphatic carbocycles. The molecule has 0 spiro atoms. The van der Waals surface area contributed by atoms with Gasteiger partial charge in [-0.3, -0.25) is 4.79 Å². The molecule has 96 valence electrons. The van der Waals surface area contributed by atoms with E-state index in [-0.39, 0.29) is 11.5 Å². The molecule has 0 amide bonds. The number of phenolic OH excluding ortho intramolecular Hbond substituents is 1. The zero-order valence-corrected chi connectivity index (χ0v) is 10.1. The number of rotatable bonds is 1. The summed E-state index contributed by atoms with van der Waals surface area (Å²) in [7, 11) is 0. The Morgan fingerprint density at radius 2 is 2.05 bits per heavy atom. The molecular weight excluding hydrogens is 247 g/mol. The van der Waals surface area contributed by atoms with Crippen molar-refractivity contribution in [3.63, 3.8) is 0 Å². The number of carbonyl (C=O) groups excluding carboxylic acids is 1. The van der Waals surface area contributed by atoms with Gasteiger partial charge in [0.15, 0.2) is 11.6 Å². The second-order valence-electron chi connectivity index (χ2n) is 4.53. The van der Waals surface area contributed by atoms with E-state index in [0.29, 0.717) is 29.1 Å². The Labute approximate surface area is 109 Å². The van der Waals surface area contributed by atoms with Gasteiger partial charge < -0.3 is 5.11 Å². The van der Waals surface area contributed by atoms with E-state index >= 15 is 0 Å². The van der Waals surface area contributed by atoms with Gasteiger partial charge >= 0.3 is 0 Å². The van der Waals surface area contributed by atoms with Gasteiger partial charge in [0.1, 0.15) is 11.6 Å². The van der Waals surface area contributed by atoms with Crippen LogP contribution in [0.2, 0.25) is 0 Å². The first-order valence-electron chi connectivity index (χ1n) is 6.02. The van der Waals surface area contributed by atoms with E-state index in [9.17, 15) is 14.3 Å². The first-order valence-corrected chi connectivity index (χ1v) is 6.02. The van der Waals surface area contributed by atoms with Crippen molar-refractivity contribution in [1.29, 1.82) is 0 Å². The van der Waals surface area contributed by atoms with Crippen LogP contribution in [0.5, 0.6) is 5.75 Å². The number of nitrogens with zero attached hydrogens (tertiary/aromatic N) is 2. The Morgan fingerprint density at radius 3 is 2.84 bits per heavy atom. The predicted molar refractivity (Wildman–Crippen MR) is 66.4 cm³/mol. The minimum atomic E-state index is -0.549. The lowest BCUT2D eigenvalue weighted by molar-refractivity contribution is 0.0971. The van der Waals surface area contributed by atoms with Gasteiger partial charge in [-0.2, -0.15) is 0 Å². The molecule has 4 nitrogen and oxygen atoms in total. The first-order chi connectivity index (χ1) is 9.13. The number of fused-ring (bicyclic) bond motifs is 1. The third-order valence-electron chi connectivity index (χ3n) is 3.13. The zero-order valence-electron chi connectivity index (χ0n) is 10.1. The van der Waals surface area contributed by atoms with Crippen LogP contribution in [0.15, 0.2) is 24.4 Å². The topological polar surface area (TPSA) is 63.1 Å². The lowest BCUT2D eigenvalue weighted by Crippen LogP contribution is -2.13. The van der Waals surface area contributed by atoms with Crippen LogP contribution in [0.25, 0.3) is 11.4 Å². The molecule has 1 aromatic carbocycles. The summed E-state index contributed by atoms with van der Waals surface area (Å²) >= 11 is 0. The van der Waals surface area contributed by atoms with Crippen molar-refractivity contribution in [3.8, 4) is 17.1 Å². The molecule has 1 N–H and O–H groups in total. The van der Waals surface area contributed by atoms with Gasteiger partial charge in [0.05, 0.1) is 11.3 Å². The van der Waals surface area contributed by atoms with Crippen LogP contribution >= 0.6 is 0 Å². The van der Waals surface area contributed by atoms with Gasteiger partial charge in [-0.25, -0.2) is 14.4 Å². The number of phenols is 1. The highest BCUT2D eigenvalue weighted by Crippen LogP contribution is 2.25. The van der Waals surface area contributed by atoms with E-state index in [1.54, 1.807) is 0 Å². The Morgan fingerprint density at radius 1 is 1.21 bits per heavy atom. The largest absolute Gasteiger partial charge is 0.508 e. The number of benzene rings is 1. The van der Waals surface area contributed by atoms with Crippen molar-refractivity contribution in [2.75, 3.05) is 0 Å². The molecule has 1 heterocycles. The molecule has 19 heavy (non-hydrogen) atoms. The Balaban J connectivity index is 2.09. The molecule has 0 saturated carbocycles. The van der Waals surface area contributed by atoms with Gasteiger partial charge in [0, 0.05) is 24.2 Å². The summed E-state index contributed by atoms with van der Waals surface area (Å²) in [5.74, 6) is -0.349. The first kappa shape index (κ1) is 11.8. The van der Waals surface area contributed by atoms with E-state index in [0.717, 1.165) is 18.9 Å². The molecule has 1 aromatic heterocycles. The number of Topliss-reactive ketones (excluding diaryl/α,β-unsaturated/α-hetero) is 1. The Bertz CT molecular complexity index is 650. The van der Waals surface area contributed by atoms with E-state index in [2.05, 4.69) is 9.97 Å². The lowest BCUT2D eigenvalue weighted by Gasteiger charge is -2.13. The van der Waals surface area contributed by atoms with E-state index in [1.165, 1.54) is 18.3 Å². The average molecular weight is 258 g/mol. The van der Waals surface area contributed by atoms with E-state index < -0.39 is 5.82 Å². The van der Waals surface area contributed by atoms with Crippen molar-refractivity contribution >= 4 is 5.78 Å². The average Bonchev–Trinajstić information content (AvgIpc) is 2.37. The SMILES string of the molecule is O=C1CCCc2nc(-c3cc(O)cc(F)c3)ncc21. The molecule has 0 bridgehead atoms. The van der Waals surface area contributed by atoms with Crippen LogP contribution in [0, 0.1) is 5.82 Å². The highest BCUT2D eigenvalue weighted by atomic mass is 19.1. The van der Waals surface area contributed by atoms with Gasteiger partial charge in [-0.05, 0) is 25.0 Å². The molecule has 2 aromatic rings. The van der Waals surface area contributed by atoms with Crippen LogP contribution in [-0.2, 0) is 6.42 Å². The number of hydrogen-bond acceptors (Lipinski definition) is 4. The molecule has 5 heteroatoms. The fourth-order valence-electron chi connectivity index (χ4n) is 2.23. The standard InChI is InChI=1S/C14H11FN2O2/c15-9-4-8(5-10(18)6-9)14-16-7-11-12(17-14)2-1-3-13(11)19/h4-7,18H,1-3H2. The summed E-state index contributed by atoms with van der Waals surface area (Å²) in [6.07, 6.45) is 3.51. The van der Waals surface area contributed by atoms with Crippen LogP contribution in [0.3, 0.4) is 0 Å². The fourth-order valence-corrected chi connectivity index (χ4v) is 2.23. The maximum absolute atomic E-state index is 13.2. The van der Waals surface area contributed by atoms with Crippen LogP contribution in [0.1, 0.15) is 28.9 Å². The van der Waals surface area contributed by atoms with Crippen LogP contribution in [-0.4, -0.2) is 20.9 Å². The highest BCUT2D eigenvalue weighted by Gasteiger charge is 2.19. The highest BCUT2D eigenvalue weighted by molar-refractivity contribution is 5.97. The molecule has 3 rings (SSSR count). The number of aromatic nitrogens is 2. The normalized spacial score (nSPS) is 14.3. The molecule has 0 atom stereocenters. The van der Waals surface area contributed by atoms with Crippen molar-refractivity contribution < 1.29 is 14.3 Å². The fraction of sp³-hybridized carbons (Fsp3) is 0.214. The molecule has 0 unspecified atom stereocenters.